The fraction of sp³-hybridized carbons (Fsp3) is 0.263. The number of hydrogen-bond donors (Lipinski definition) is 2. The van der Waals surface area contributed by atoms with Crippen molar-refractivity contribution in [1.29, 1.82) is 0 Å². The molecule has 3 rings (SSSR count). The number of nitrogens with one attached hydrogen (secondary N) is 2. The van der Waals surface area contributed by atoms with Gasteiger partial charge in [0, 0.05) is 23.5 Å². The number of carbonyl (C=O) groups is 2. The summed E-state index contributed by atoms with van der Waals surface area (Å²) in [5.74, 6) is -0.0407. The molecular weight excluding hydrogens is 320 g/mol. The molecule has 0 heterocycles. The quantitative estimate of drug-likeness (QED) is 0.787. The van der Waals surface area contributed by atoms with E-state index in [4.69, 9.17) is 0 Å². The van der Waals surface area contributed by atoms with Crippen LogP contribution in [-0.2, 0) is 9.59 Å². The molecule has 1 aliphatic carbocycles. The summed E-state index contributed by atoms with van der Waals surface area (Å²) in [4.78, 5) is 24.7. The molecule has 2 aromatic carbocycles. The van der Waals surface area contributed by atoms with Crippen LogP contribution in [0.1, 0.15) is 30.6 Å². The lowest BCUT2D eigenvalue weighted by Crippen LogP contribution is -2.29. The first-order chi connectivity index (χ1) is 11.6. The van der Waals surface area contributed by atoms with Crippen LogP contribution in [0.2, 0.25) is 0 Å². The molecule has 1 saturated carbocycles. The van der Waals surface area contributed by atoms with Gasteiger partial charge in [0.15, 0.2) is 0 Å². The second kappa shape index (κ2) is 7.53. The Labute approximate surface area is 146 Å². The molecule has 0 saturated heterocycles. The van der Waals surface area contributed by atoms with Gasteiger partial charge >= 0.3 is 0 Å². The van der Waals surface area contributed by atoms with E-state index >= 15 is 0 Å². The van der Waals surface area contributed by atoms with Gasteiger partial charge in [-0.1, -0.05) is 30.3 Å². The van der Waals surface area contributed by atoms with Gasteiger partial charge < -0.3 is 10.6 Å². The number of thioether (sulfide) groups is 1. The molecule has 5 heteroatoms. The van der Waals surface area contributed by atoms with Crippen molar-refractivity contribution in [3.05, 3.63) is 60.2 Å². The van der Waals surface area contributed by atoms with E-state index in [1.807, 2.05) is 54.6 Å². The molecule has 0 spiro atoms. The lowest BCUT2D eigenvalue weighted by molar-refractivity contribution is -0.120. The maximum absolute atomic E-state index is 12.6. The topological polar surface area (TPSA) is 58.2 Å². The maximum atomic E-state index is 12.6. The second-order valence-corrected chi connectivity index (χ2v) is 7.08. The molecule has 2 N–H and O–H groups in total. The van der Waals surface area contributed by atoms with Gasteiger partial charge in [-0.05, 0) is 42.7 Å². The molecule has 1 aliphatic rings. The smallest absolute Gasteiger partial charge is 0.238 e. The third-order valence-electron chi connectivity index (χ3n) is 3.69. The lowest BCUT2D eigenvalue weighted by atomic mass is 10.1. The van der Waals surface area contributed by atoms with E-state index < -0.39 is 0 Å². The minimum absolute atomic E-state index is 0.0552. The monoisotopic (exact) mass is 340 g/mol. The van der Waals surface area contributed by atoms with Crippen LogP contribution in [-0.4, -0.2) is 17.9 Å². The zero-order valence-electron chi connectivity index (χ0n) is 13.5. The van der Waals surface area contributed by atoms with Gasteiger partial charge in [-0.2, -0.15) is 0 Å². The van der Waals surface area contributed by atoms with Crippen molar-refractivity contribution in [2.75, 3.05) is 5.32 Å². The number of anilines is 1. The number of benzene rings is 2. The van der Waals surface area contributed by atoms with Gasteiger partial charge in [0.05, 0.1) is 0 Å². The summed E-state index contributed by atoms with van der Waals surface area (Å²) in [6.45, 7) is 1.48. The summed E-state index contributed by atoms with van der Waals surface area (Å²) in [6, 6.07) is 17.7. The molecule has 124 valence electrons. The van der Waals surface area contributed by atoms with E-state index in [1.54, 1.807) is 0 Å². The van der Waals surface area contributed by atoms with Crippen molar-refractivity contribution in [2.45, 2.75) is 36.0 Å². The van der Waals surface area contributed by atoms with Gasteiger partial charge in [-0.25, -0.2) is 0 Å². The SMILES string of the molecule is CC(=O)Nc1ccc(S[C@H](C(=O)NC2CC2)c2ccccc2)cc1. The van der Waals surface area contributed by atoms with E-state index in [1.165, 1.54) is 18.7 Å². The van der Waals surface area contributed by atoms with Crippen LogP contribution in [0, 0.1) is 0 Å². The Morgan fingerprint density at radius 2 is 1.71 bits per heavy atom. The minimum Gasteiger partial charge on any atom is -0.352 e. The van der Waals surface area contributed by atoms with Gasteiger partial charge in [0.1, 0.15) is 5.25 Å². The van der Waals surface area contributed by atoms with Gasteiger partial charge in [0.2, 0.25) is 11.8 Å². The Kier molecular flexibility index (Phi) is 5.20. The van der Waals surface area contributed by atoms with E-state index in [-0.39, 0.29) is 17.1 Å². The first-order valence-electron chi connectivity index (χ1n) is 8.01. The number of carbonyl (C=O) groups excluding carboxylic acids is 2. The Morgan fingerprint density at radius 1 is 1.04 bits per heavy atom. The van der Waals surface area contributed by atoms with Crippen LogP contribution in [0.5, 0.6) is 0 Å². The molecule has 0 radical (unpaired) electrons. The Balaban J connectivity index is 1.75. The van der Waals surface area contributed by atoms with Gasteiger partial charge in [-0.3, -0.25) is 9.59 Å². The third kappa shape index (κ3) is 4.61. The molecule has 0 bridgehead atoms. The highest BCUT2D eigenvalue weighted by molar-refractivity contribution is 8.00. The fourth-order valence-electron chi connectivity index (χ4n) is 2.36. The van der Waals surface area contributed by atoms with Crippen molar-refractivity contribution in [3.63, 3.8) is 0 Å². The Bertz CT molecular complexity index is 712. The summed E-state index contributed by atoms with van der Waals surface area (Å²) >= 11 is 1.52. The highest BCUT2D eigenvalue weighted by Crippen LogP contribution is 2.36. The first kappa shape index (κ1) is 16.6. The third-order valence-corrected chi connectivity index (χ3v) is 4.96. The van der Waals surface area contributed by atoms with Gasteiger partial charge in [0.25, 0.3) is 0 Å². The van der Waals surface area contributed by atoms with Crippen molar-refractivity contribution >= 4 is 29.3 Å². The van der Waals surface area contributed by atoms with Gasteiger partial charge in [-0.15, -0.1) is 11.8 Å². The summed E-state index contributed by atoms with van der Waals surface area (Å²) in [5, 5.41) is 5.56. The van der Waals surface area contributed by atoms with E-state index in [0.717, 1.165) is 29.0 Å². The van der Waals surface area contributed by atoms with Crippen LogP contribution in [0.4, 0.5) is 5.69 Å². The summed E-state index contributed by atoms with van der Waals surface area (Å²) in [6.07, 6.45) is 2.15. The molecule has 0 aliphatic heterocycles. The molecule has 2 amide bonds. The van der Waals surface area contributed by atoms with Crippen LogP contribution in [0.25, 0.3) is 0 Å². The highest BCUT2D eigenvalue weighted by Gasteiger charge is 2.29. The second-order valence-electron chi connectivity index (χ2n) is 5.90. The zero-order chi connectivity index (χ0) is 16.9. The molecule has 0 unspecified atom stereocenters. The molecular formula is C19H20N2O2S. The predicted octanol–water partition coefficient (Wildman–Crippen LogP) is 3.76. The van der Waals surface area contributed by atoms with E-state index in [0.29, 0.717) is 6.04 Å². The lowest BCUT2D eigenvalue weighted by Gasteiger charge is -2.17. The average molecular weight is 340 g/mol. The fourth-order valence-corrected chi connectivity index (χ4v) is 3.40. The average Bonchev–Trinajstić information content (AvgIpc) is 3.38. The molecule has 4 nitrogen and oxygen atoms in total. The van der Waals surface area contributed by atoms with Crippen molar-refractivity contribution in [2.24, 2.45) is 0 Å². The number of hydrogen-bond acceptors (Lipinski definition) is 3. The van der Waals surface area contributed by atoms with E-state index in [9.17, 15) is 9.59 Å². The molecule has 1 atom stereocenters. The van der Waals surface area contributed by atoms with Crippen molar-refractivity contribution in [1.82, 2.24) is 5.32 Å². The van der Waals surface area contributed by atoms with Crippen molar-refractivity contribution < 1.29 is 9.59 Å². The zero-order valence-corrected chi connectivity index (χ0v) is 14.3. The summed E-state index contributed by atoms with van der Waals surface area (Å²) in [5.41, 5.74) is 1.75. The largest absolute Gasteiger partial charge is 0.352 e. The normalized spacial score (nSPS) is 14.7. The van der Waals surface area contributed by atoms with Crippen molar-refractivity contribution in [3.8, 4) is 0 Å². The summed E-state index contributed by atoms with van der Waals surface area (Å²) < 4.78 is 0. The van der Waals surface area contributed by atoms with E-state index in [2.05, 4.69) is 10.6 Å². The van der Waals surface area contributed by atoms with Crippen LogP contribution >= 0.6 is 11.8 Å². The van der Waals surface area contributed by atoms with Crippen LogP contribution in [0.3, 0.4) is 0 Å². The number of amides is 2. The standard InChI is InChI=1S/C19H20N2O2S/c1-13(22)20-15-9-11-17(12-10-15)24-18(14-5-3-2-4-6-14)19(23)21-16-7-8-16/h2-6,9-12,16,18H,7-8H2,1H3,(H,20,22)(H,21,23)/t18-/m0/s1. The molecule has 0 aromatic heterocycles. The molecule has 2 aromatic rings. The maximum Gasteiger partial charge on any atom is 0.238 e. The highest BCUT2D eigenvalue weighted by atomic mass is 32.2. The molecule has 24 heavy (non-hydrogen) atoms. The van der Waals surface area contributed by atoms with Crippen LogP contribution in [0.15, 0.2) is 59.5 Å². The Hall–Kier alpha value is -2.27. The van der Waals surface area contributed by atoms with Crippen LogP contribution < -0.4 is 10.6 Å². The predicted molar refractivity (Wildman–Crippen MR) is 97.0 cm³/mol. The molecule has 1 fully saturated rings. The summed E-state index contributed by atoms with van der Waals surface area (Å²) in [7, 11) is 0. The Morgan fingerprint density at radius 3 is 2.29 bits per heavy atom. The number of rotatable bonds is 6. The first-order valence-corrected chi connectivity index (χ1v) is 8.89. The minimum atomic E-state index is -0.279.